The van der Waals surface area contributed by atoms with Crippen molar-refractivity contribution in [3.8, 4) is 0 Å². The third-order valence-electron chi connectivity index (χ3n) is 3.01. The molecule has 0 heterocycles. The van der Waals surface area contributed by atoms with Crippen molar-refractivity contribution >= 4 is 0 Å². The molecule has 84 valence electrons. The first-order chi connectivity index (χ1) is 7.04. The van der Waals surface area contributed by atoms with Gasteiger partial charge in [0, 0.05) is 12.6 Å². The van der Waals surface area contributed by atoms with Gasteiger partial charge in [-0.05, 0) is 44.1 Å². The molecule has 0 aliphatic rings. The normalized spacial score (nSPS) is 13.2. The van der Waals surface area contributed by atoms with Crippen LogP contribution in [0, 0.1) is 13.8 Å². The van der Waals surface area contributed by atoms with Crippen LogP contribution in [-0.2, 0) is 0 Å². The second kappa shape index (κ2) is 5.29. The predicted molar refractivity (Wildman–Crippen MR) is 66.0 cm³/mol. The molecule has 1 atom stereocenters. The van der Waals surface area contributed by atoms with Crippen LogP contribution in [0.25, 0.3) is 0 Å². The summed E-state index contributed by atoms with van der Waals surface area (Å²) in [4.78, 5) is 2.24. The Morgan fingerprint density at radius 2 is 1.93 bits per heavy atom. The highest BCUT2D eigenvalue weighted by molar-refractivity contribution is 5.31. The average molecular weight is 206 g/mol. The van der Waals surface area contributed by atoms with E-state index in [1.54, 1.807) is 0 Å². The van der Waals surface area contributed by atoms with Gasteiger partial charge in [-0.2, -0.15) is 0 Å². The Bertz CT molecular complexity index is 320. The molecular formula is C13H22N2. The number of nitrogens with two attached hydrogens (primary N) is 1. The number of aryl methyl sites for hydroxylation is 2. The topological polar surface area (TPSA) is 29.3 Å². The number of nitrogens with zero attached hydrogens (tertiary/aromatic N) is 1. The van der Waals surface area contributed by atoms with E-state index in [9.17, 15) is 0 Å². The number of benzene rings is 1. The molecule has 1 aromatic rings. The second-order valence-electron chi connectivity index (χ2n) is 4.31. The van der Waals surface area contributed by atoms with E-state index in [1.165, 1.54) is 16.7 Å². The maximum Gasteiger partial charge on any atom is 0.0424 e. The van der Waals surface area contributed by atoms with Crippen molar-refractivity contribution in [2.75, 3.05) is 20.1 Å². The highest BCUT2D eigenvalue weighted by atomic mass is 15.1. The average Bonchev–Trinajstić information content (AvgIpc) is 2.21. The van der Waals surface area contributed by atoms with Crippen molar-refractivity contribution in [1.29, 1.82) is 0 Å². The van der Waals surface area contributed by atoms with Crippen molar-refractivity contribution in [1.82, 2.24) is 4.90 Å². The second-order valence-corrected chi connectivity index (χ2v) is 4.31. The van der Waals surface area contributed by atoms with Gasteiger partial charge in [0.1, 0.15) is 0 Å². The minimum absolute atomic E-state index is 0.120. The first-order valence-electron chi connectivity index (χ1n) is 5.56. The van der Waals surface area contributed by atoms with E-state index in [4.69, 9.17) is 5.73 Å². The minimum Gasteiger partial charge on any atom is -0.323 e. The molecule has 0 saturated heterocycles. The predicted octanol–water partition coefficient (Wildman–Crippen LogP) is 2.25. The lowest BCUT2D eigenvalue weighted by Gasteiger charge is -2.20. The molecule has 15 heavy (non-hydrogen) atoms. The molecule has 1 rings (SSSR count). The van der Waals surface area contributed by atoms with Gasteiger partial charge in [0.2, 0.25) is 0 Å². The van der Waals surface area contributed by atoms with Crippen molar-refractivity contribution in [2.45, 2.75) is 26.8 Å². The molecule has 1 aromatic carbocycles. The van der Waals surface area contributed by atoms with E-state index in [1.807, 2.05) is 0 Å². The molecular weight excluding hydrogens is 184 g/mol. The van der Waals surface area contributed by atoms with Crippen LogP contribution in [0.3, 0.4) is 0 Å². The van der Waals surface area contributed by atoms with E-state index in [0.29, 0.717) is 0 Å². The molecule has 0 saturated carbocycles. The van der Waals surface area contributed by atoms with Gasteiger partial charge >= 0.3 is 0 Å². The third-order valence-corrected chi connectivity index (χ3v) is 3.01. The Kier molecular flexibility index (Phi) is 4.30. The summed E-state index contributed by atoms with van der Waals surface area (Å²) in [5, 5.41) is 0. The SMILES string of the molecule is CCN(C)CC(N)c1ccc(C)c(C)c1. The summed E-state index contributed by atoms with van der Waals surface area (Å²) < 4.78 is 0. The van der Waals surface area contributed by atoms with Crippen LogP contribution in [0.15, 0.2) is 18.2 Å². The largest absolute Gasteiger partial charge is 0.323 e. The summed E-state index contributed by atoms with van der Waals surface area (Å²) in [5.41, 5.74) is 10.0. The molecule has 0 spiro atoms. The number of rotatable bonds is 4. The Morgan fingerprint density at radius 3 is 2.47 bits per heavy atom. The molecule has 2 heteroatoms. The van der Waals surface area contributed by atoms with Crippen LogP contribution in [0.4, 0.5) is 0 Å². The third kappa shape index (κ3) is 3.33. The van der Waals surface area contributed by atoms with Crippen LogP contribution < -0.4 is 5.73 Å². The molecule has 2 N–H and O–H groups in total. The first kappa shape index (κ1) is 12.2. The zero-order valence-corrected chi connectivity index (χ0v) is 10.2. The Morgan fingerprint density at radius 1 is 1.27 bits per heavy atom. The van der Waals surface area contributed by atoms with Crippen molar-refractivity contribution in [2.24, 2.45) is 5.73 Å². The van der Waals surface area contributed by atoms with Gasteiger partial charge in [-0.15, -0.1) is 0 Å². The Balaban J connectivity index is 2.73. The van der Waals surface area contributed by atoms with E-state index in [0.717, 1.165) is 13.1 Å². The zero-order chi connectivity index (χ0) is 11.4. The fourth-order valence-electron chi connectivity index (χ4n) is 1.57. The summed E-state index contributed by atoms with van der Waals surface area (Å²) in [7, 11) is 2.10. The van der Waals surface area contributed by atoms with Crippen LogP contribution in [0.2, 0.25) is 0 Å². The van der Waals surface area contributed by atoms with Crippen molar-refractivity contribution < 1.29 is 0 Å². The van der Waals surface area contributed by atoms with Crippen molar-refractivity contribution in [3.63, 3.8) is 0 Å². The molecule has 0 bridgehead atoms. The first-order valence-corrected chi connectivity index (χ1v) is 5.56. The maximum atomic E-state index is 6.15. The lowest BCUT2D eigenvalue weighted by Crippen LogP contribution is -2.28. The van der Waals surface area contributed by atoms with E-state index in [2.05, 4.69) is 50.9 Å². The Labute approximate surface area is 93.1 Å². The smallest absolute Gasteiger partial charge is 0.0424 e. The highest BCUT2D eigenvalue weighted by Crippen LogP contribution is 2.15. The molecule has 0 radical (unpaired) electrons. The number of likely N-dealkylation sites (N-methyl/N-ethyl adjacent to an activating group) is 1. The minimum atomic E-state index is 0.120. The Hall–Kier alpha value is -0.860. The summed E-state index contributed by atoms with van der Waals surface area (Å²) in [5.74, 6) is 0. The van der Waals surface area contributed by atoms with Crippen LogP contribution >= 0.6 is 0 Å². The summed E-state index contributed by atoms with van der Waals surface area (Å²) >= 11 is 0. The van der Waals surface area contributed by atoms with Gasteiger partial charge in [0.15, 0.2) is 0 Å². The van der Waals surface area contributed by atoms with E-state index in [-0.39, 0.29) is 6.04 Å². The summed E-state index contributed by atoms with van der Waals surface area (Å²) in [6.07, 6.45) is 0. The summed E-state index contributed by atoms with van der Waals surface area (Å²) in [6, 6.07) is 6.60. The van der Waals surface area contributed by atoms with Gasteiger partial charge in [0.05, 0.1) is 0 Å². The van der Waals surface area contributed by atoms with Crippen molar-refractivity contribution in [3.05, 3.63) is 34.9 Å². The van der Waals surface area contributed by atoms with Crippen LogP contribution in [-0.4, -0.2) is 25.0 Å². The summed E-state index contributed by atoms with van der Waals surface area (Å²) in [6.45, 7) is 8.36. The lowest BCUT2D eigenvalue weighted by molar-refractivity contribution is 0.329. The lowest BCUT2D eigenvalue weighted by atomic mass is 10.0. The van der Waals surface area contributed by atoms with E-state index < -0.39 is 0 Å². The zero-order valence-electron chi connectivity index (χ0n) is 10.2. The van der Waals surface area contributed by atoms with Crippen LogP contribution in [0.5, 0.6) is 0 Å². The monoisotopic (exact) mass is 206 g/mol. The molecule has 0 aliphatic carbocycles. The van der Waals surface area contributed by atoms with Gasteiger partial charge < -0.3 is 10.6 Å². The molecule has 0 amide bonds. The van der Waals surface area contributed by atoms with Gasteiger partial charge in [0.25, 0.3) is 0 Å². The quantitative estimate of drug-likeness (QED) is 0.818. The van der Waals surface area contributed by atoms with Crippen LogP contribution in [0.1, 0.15) is 29.7 Å². The fourth-order valence-corrected chi connectivity index (χ4v) is 1.57. The molecule has 2 nitrogen and oxygen atoms in total. The van der Waals surface area contributed by atoms with Gasteiger partial charge in [-0.1, -0.05) is 25.1 Å². The van der Waals surface area contributed by atoms with E-state index >= 15 is 0 Å². The number of hydrogen-bond donors (Lipinski definition) is 1. The molecule has 1 unspecified atom stereocenters. The maximum absolute atomic E-state index is 6.15. The molecule has 0 aromatic heterocycles. The molecule has 0 aliphatic heterocycles. The number of hydrogen-bond acceptors (Lipinski definition) is 2. The standard InChI is InChI=1S/C13H22N2/c1-5-15(4)9-13(14)12-7-6-10(2)11(3)8-12/h6-8,13H,5,9,14H2,1-4H3. The van der Waals surface area contributed by atoms with Gasteiger partial charge in [-0.3, -0.25) is 0 Å². The molecule has 0 fully saturated rings. The highest BCUT2D eigenvalue weighted by Gasteiger charge is 2.08. The van der Waals surface area contributed by atoms with Gasteiger partial charge in [-0.25, -0.2) is 0 Å². The fraction of sp³-hybridized carbons (Fsp3) is 0.538.